The second-order valence-corrected chi connectivity index (χ2v) is 6.79. The quantitative estimate of drug-likeness (QED) is 0.856. The van der Waals surface area contributed by atoms with Gasteiger partial charge in [0.15, 0.2) is 0 Å². The van der Waals surface area contributed by atoms with Crippen LogP contribution >= 0.6 is 0 Å². The largest absolute Gasteiger partial charge is 0.457 e. The number of nitrogens with one attached hydrogen (secondary N) is 1. The van der Waals surface area contributed by atoms with E-state index in [4.69, 9.17) is 4.74 Å². The highest BCUT2D eigenvalue weighted by atomic mass is 16.5. The average molecular weight is 323 g/mol. The highest BCUT2D eigenvalue weighted by Gasteiger charge is 2.28. The summed E-state index contributed by atoms with van der Waals surface area (Å²) in [6, 6.07) is 17.2. The fraction of sp³-hybridized carbons (Fsp3) is 0.381. The van der Waals surface area contributed by atoms with Crippen molar-refractivity contribution in [2.24, 2.45) is 11.8 Å². The van der Waals surface area contributed by atoms with E-state index in [0.717, 1.165) is 17.9 Å². The van der Waals surface area contributed by atoms with Gasteiger partial charge in [-0.05, 0) is 54.7 Å². The molecule has 0 saturated heterocycles. The molecule has 1 saturated carbocycles. The van der Waals surface area contributed by atoms with Crippen LogP contribution in [0.25, 0.3) is 0 Å². The molecule has 0 spiro atoms. The van der Waals surface area contributed by atoms with Crippen molar-refractivity contribution in [1.82, 2.24) is 5.32 Å². The summed E-state index contributed by atoms with van der Waals surface area (Å²) >= 11 is 0. The van der Waals surface area contributed by atoms with E-state index in [-0.39, 0.29) is 11.9 Å². The van der Waals surface area contributed by atoms with Crippen molar-refractivity contribution in [1.29, 1.82) is 0 Å². The lowest BCUT2D eigenvalue weighted by molar-refractivity contribution is 0.0891. The lowest BCUT2D eigenvalue weighted by atomic mass is 9.78. The van der Waals surface area contributed by atoms with Crippen molar-refractivity contribution in [3.63, 3.8) is 0 Å². The van der Waals surface area contributed by atoms with Crippen LogP contribution in [-0.4, -0.2) is 11.9 Å². The molecular weight excluding hydrogens is 298 g/mol. The number of ether oxygens (including phenoxy) is 1. The Bertz CT molecular complexity index is 666. The number of amides is 1. The Balaban J connectivity index is 1.61. The fourth-order valence-corrected chi connectivity index (χ4v) is 3.34. The van der Waals surface area contributed by atoms with Crippen LogP contribution in [0.1, 0.15) is 43.5 Å². The van der Waals surface area contributed by atoms with Crippen molar-refractivity contribution in [2.75, 3.05) is 0 Å². The predicted molar refractivity (Wildman–Crippen MR) is 96.4 cm³/mol. The monoisotopic (exact) mass is 323 g/mol. The fourth-order valence-electron chi connectivity index (χ4n) is 3.34. The minimum absolute atomic E-state index is 0.00668. The molecule has 0 radical (unpaired) electrons. The first-order valence-electron chi connectivity index (χ1n) is 8.77. The molecule has 1 amide bonds. The van der Waals surface area contributed by atoms with Gasteiger partial charge in [0.25, 0.3) is 5.91 Å². The summed E-state index contributed by atoms with van der Waals surface area (Å²) < 4.78 is 5.76. The van der Waals surface area contributed by atoms with Gasteiger partial charge in [0.1, 0.15) is 11.5 Å². The van der Waals surface area contributed by atoms with E-state index >= 15 is 0 Å². The van der Waals surface area contributed by atoms with Gasteiger partial charge in [-0.25, -0.2) is 0 Å². The SMILES string of the molecule is CC1CCCC(NC(=O)c2ccc(Oc3ccccc3)cc2)C1C. The number of para-hydroxylation sites is 1. The molecule has 2 aromatic rings. The summed E-state index contributed by atoms with van der Waals surface area (Å²) in [5.41, 5.74) is 0.681. The molecule has 3 nitrogen and oxygen atoms in total. The third-order valence-corrected chi connectivity index (χ3v) is 5.12. The summed E-state index contributed by atoms with van der Waals surface area (Å²) in [5, 5.41) is 3.20. The molecule has 2 aromatic carbocycles. The zero-order valence-electron chi connectivity index (χ0n) is 14.4. The third-order valence-electron chi connectivity index (χ3n) is 5.12. The van der Waals surface area contributed by atoms with Crippen LogP contribution in [0.15, 0.2) is 54.6 Å². The highest BCUT2D eigenvalue weighted by molar-refractivity contribution is 5.94. The summed E-state index contributed by atoms with van der Waals surface area (Å²) in [6.45, 7) is 4.52. The van der Waals surface area contributed by atoms with Crippen molar-refractivity contribution < 1.29 is 9.53 Å². The van der Waals surface area contributed by atoms with Gasteiger partial charge in [0.2, 0.25) is 0 Å². The van der Waals surface area contributed by atoms with E-state index in [9.17, 15) is 4.79 Å². The summed E-state index contributed by atoms with van der Waals surface area (Å²) in [5.74, 6) is 2.73. The van der Waals surface area contributed by atoms with Crippen molar-refractivity contribution in [3.05, 3.63) is 60.2 Å². The lowest BCUT2D eigenvalue weighted by Gasteiger charge is -2.34. The molecule has 0 bridgehead atoms. The second-order valence-electron chi connectivity index (χ2n) is 6.79. The topological polar surface area (TPSA) is 38.3 Å². The molecule has 126 valence electrons. The Morgan fingerprint density at radius 1 is 0.958 bits per heavy atom. The molecule has 0 aliphatic heterocycles. The van der Waals surface area contributed by atoms with E-state index in [1.54, 1.807) is 0 Å². The Morgan fingerprint density at radius 2 is 1.62 bits per heavy atom. The van der Waals surface area contributed by atoms with Crippen LogP contribution in [0.2, 0.25) is 0 Å². The number of rotatable bonds is 4. The first-order chi connectivity index (χ1) is 11.6. The number of benzene rings is 2. The van der Waals surface area contributed by atoms with Crippen molar-refractivity contribution in [2.45, 2.75) is 39.2 Å². The molecule has 1 aliphatic carbocycles. The normalized spacial score (nSPS) is 23.5. The Morgan fingerprint density at radius 3 is 2.33 bits per heavy atom. The number of hydrogen-bond acceptors (Lipinski definition) is 2. The molecule has 1 fully saturated rings. The first-order valence-corrected chi connectivity index (χ1v) is 8.77. The molecule has 1 aliphatic rings. The second kappa shape index (κ2) is 7.52. The minimum Gasteiger partial charge on any atom is -0.457 e. The number of hydrogen-bond donors (Lipinski definition) is 1. The van der Waals surface area contributed by atoms with E-state index in [2.05, 4.69) is 19.2 Å². The Labute approximate surface area is 144 Å². The van der Waals surface area contributed by atoms with E-state index in [1.165, 1.54) is 12.8 Å². The van der Waals surface area contributed by atoms with Gasteiger partial charge in [0, 0.05) is 11.6 Å². The average Bonchev–Trinajstić information content (AvgIpc) is 2.60. The first kappa shape index (κ1) is 16.6. The Hall–Kier alpha value is -2.29. The summed E-state index contributed by atoms with van der Waals surface area (Å²) in [6.07, 6.45) is 3.53. The molecular formula is C21H25NO2. The third kappa shape index (κ3) is 3.97. The molecule has 1 N–H and O–H groups in total. The summed E-state index contributed by atoms with van der Waals surface area (Å²) in [4.78, 5) is 12.5. The van der Waals surface area contributed by atoms with Gasteiger partial charge < -0.3 is 10.1 Å². The van der Waals surface area contributed by atoms with Gasteiger partial charge in [-0.2, -0.15) is 0 Å². The van der Waals surface area contributed by atoms with Crippen LogP contribution in [0, 0.1) is 11.8 Å². The smallest absolute Gasteiger partial charge is 0.251 e. The van der Waals surface area contributed by atoms with Crippen LogP contribution in [-0.2, 0) is 0 Å². The maximum absolute atomic E-state index is 12.5. The number of carbonyl (C=O) groups excluding carboxylic acids is 1. The molecule has 3 atom stereocenters. The molecule has 3 rings (SSSR count). The molecule has 24 heavy (non-hydrogen) atoms. The van der Waals surface area contributed by atoms with Crippen LogP contribution in [0.3, 0.4) is 0 Å². The Kier molecular flexibility index (Phi) is 5.19. The van der Waals surface area contributed by atoms with Gasteiger partial charge in [-0.15, -0.1) is 0 Å². The summed E-state index contributed by atoms with van der Waals surface area (Å²) in [7, 11) is 0. The van der Waals surface area contributed by atoms with Gasteiger partial charge in [-0.3, -0.25) is 4.79 Å². The minimum atomic E-state index is 0.00668. The predicted octanol–water partition coefficient (Wildman–Crippen LogP) is 5.03. The van der Waals surface area contributed by atoms with Crippen molar-refractivity contribution >= 4 is 5.91 Å². The lowest BCUT2D eigenvalue weighted by Crippen LogP contribution is -2.43. The van der Waals surface area contributed by atoms with E-state index in [0.29, 0.717) is 17.4 Å². The van der Waals surface area contributed by atoms with Gasteiger partial charge >= 0.3 is 0 Å². The molecule has 3 heteroatoms. The van der Waals surface area contributed by atoms with E-state index in [1.807, 2.05) is 54.6 Å². The number of carbonyl (C=O) groups is 1. The highest BCUT2D eigenvalue weighted by Crippen LogP contribution is 2.29. The maximum Gasteiger partial charge on any atom is 0.251 e. The van der Waals surface area contributed by atoms with Crippen LogP contribution < -0.4 is 10.1 Å². The molecule has 3 unspecified atom stereocenters. The molecule has 0 heterocycles. The van der Waals surface area contributed by atoms with Crippen molar-refractivity contribution in [3.8, 4) is 11.5 Å². The van der Waals surface area contributed by atoms with Crippen LogP contribution in [0.4, 0.5) is 0 Å². The van der Waals surface area contributed by atoms with Gasteiger partial charge in [0.05, 0.1) is 0 Å². The zero-order valence-corrected chi connectivity index (χ0v) is 14.4. The van der Waals surface area contributed by atoms with Crippen LogP contribution in [0.5, 0.6) is 11.5 Å². The standard InChI is InChI=1S/C21H25NO2/c1-15-7-6-10-20(16(15)2)22-21(23)17-11-13-19(14-12-17)24-18-8-4-3-5-9-18/h3-5,8-9,11-16,20H,6-7,10H2,1-2H3,(H,22,23). The molecule has 0 aromatic heterocycles. The maximum atomic E-state index is 12.5. The van der Waals surface area contributed by atoms with Gasteiger partial charge in [-0.1, -0.05) is 44.9 Å². The van der Waals surface area contributed by atoms with E-state index < -0.39 is 0 Å². The zero-order chi connectivity index (χ0) is 16.9.